The highest BCUT2D eigenvalue weighted by atomic mass is 32.1. The lowest BCUT2D eigenvalue weighted by molar-refractivity contribution is -1.02. The van der Waals surface area contributed by atoms with Gasteiger partial charge in [0.25, 0.3) is 5.91 Å². The van der Waals surface area contributed by atoms with Crippen LogP contribution in [0.4, 0.5) is 0 Å². The van der Waals surface area contributed by atoms with Crippen molar-refractivity contribution in [2.45, 2.75) is 32.9 Å². The first-order valence-electron chi connectivity index (χ1n) is 10.8. The summed E-state index contributed by atoms with van der Waals surface area (Å²) in [6, 6.07) is 14.9. The second-order valence-corrected chi connectivity index (χ2v) is 10.2. The summed E-state index contributed by atoms with van der Waals surface area (Å²) >= 11 is 1.76. The van der Waals surface area contributed by atoms with Gasteiger partial charge in [-0.15, -0.1) is 11.3 Å². The summed E-state index contributed by atoms with van der Waals surface area (Å²) in [6.45, 7) is 11.9. The molecule has 1 aliphatic heterocycles. The molecule has 3 N–H and O–H groups in total. The Bertz CT molecular complexity index is 1010. The molecule has 0 aliphatic carbocycles. The Morgan fingerprint density at radius 3 is 2.50 bits per heavy atom. The van der Waals surface area contributed by atoms with Crippen LogP contribution in [0.15, 0.2) is 47.8 Å². The number of thiazole rings is 1. The van der Waals surface area contributed by atoms with E-state index in [0.717, 1.165) is 38.4 Å². The lowest BCUT2D eigenvalue weighted by atomic mass is 10.0. The van der Waals surface area contributed by atoms with Crippen molar-refractivity contribution in [3.63, 3.8) is 0 Å². The quantitative estimate of drug-likeness (QED) is 0.576. The maximum atomic E-state index is 12.2. The molecule has 2 aromatic carbocycles. The SMILES string of the molecule is CC(C)(C)NC(=O)C[NH+]1CC[NH+](Cc2nc(-c3cccc4ccccc34)cs2)CC1. The lowest BCUT2D eigenvalue weighted by Gasteiger charge is -2.29. The molecular formula is C24H32N4OS+2. The monoisotopic (exact) mass is 424 g/mol. The molecular weight excluding hydrogens is 392 g/mol. The van der Waals surface area contributed by atoms with Crippen molar-refractivity contribution >= 4 is 28.0 Å². The summed E-state index contributed by atoms with van der Waals surface area (Å²) in [7, 11) is 0. The van der Waals surface area contributed by atoms with E-state index in [9.17, 15) is 4.79 Å². The van der Waals surface area contributed by atoms with Gasteiger partial charge < -0.3 is 15.1 Å². The smallest absolute Gasteiger partial charge is 0.275 e. The van der Waals surface area contributed by atoms with Gasteiger partial charge in [0.1, 0.15) is 37.7 Å². The molecule has 1 aromatic heterocycles. The zero-order valence-electron chi connectivity index (χ0n) is 18.1. The standard InChI is InChI=1S/C24H30N4OS/c1-24(2,3)26-22(29)15-27-11-13-28(14-12-27)16-23-25-21(17-30-23)20-10-6-8-18-7-4-5-9-19(18)20/h4-10,17H,11-16H2,1-3H3,(H,26,29)/p+2. The maximum Gasteiger partial charge on any atom is 0.275 e. The summed E-state index contributed by atoms with van der Waals surface area (Å²) in [6.07, 6.45) is 0. The minimum absolute atomic E-state index is 0.153. The molecule has 1 fully saturated rings. The molecule has 0 unspecified atom stereocenters. The van der Waals surface area contributed by atoms with Crippen LogP contribution in [-0.4, -0.2) is 49.2 Å². The first-order valence-corrected chi connectivity index (χ1v) is 11.7. The number of rotatable bonds is 5. The van der Waals surface area contributed by atoms with Gasteiger partial charge in [0, 0.05) is 16.5 Å². The molecule has 1 amide bonds. The Hall–Kier alpha value is -2.28. The van der Waals surface area contributed by atoms with Crippen LogP contribution in [0, 0.1) is 0 Å². The second-order valence-electron chi connectivity index (χ2n) is 9.30. The third kappa shape index (κ3) is 5.25. The summed E-state index contributed by atoms with van der Waals surface area (Å²) in [4.78, 5) is 20.1. The number of quaternary nitrogens is 2. The molecule has 0 spiro atoms. The molecule has 0 radical (unpaired) electrons. The number of carbonyl (C=O) groups is 1. The van der Waals surface area contributed by atoms with Crippen molar-refractivity contribution in [2.24, 2.45) is 0 Å². The highest BCUT2D eigenvalue weighted by molar-refractivity contribution is 7.09. The van der Waals surface area contributed by atoms with Crippen molar-refractivity contribution in [1.29, 1.82) is 0 Å². The number of hydrogen-bond acceptors (Lipinski definition) is 3. The average Bonchev–Trinajstić information content (AvgIpc) is 3.16. The zero-order valence-corrected chi connectivity index (χ0v) is 18.9. The Balaban J connectivity index is 1.34. The largest absolute Gasteiger partial charge is 0.347 e. The van der Waals surface area contributed by atoms with E-state index in [-0.39, 0.29) is 11.4 Å². The van der Waals surface area contributed by atoms with Gasteiger partial charge in [-0.2, -0.15) is 0 Å². The Labute approximate surface area is 182 Å². The maximum absolute atomic E-state index is 12.2. The Morgan fingerprint density at radius 2 is 1.73 bits per heavy atom. The van der Waals surface area contributed by atoms with E-state index < -0.39 is 0 Å². The van der Waals surface area contributed by atoms with Crippen LogP contribution in [0.1, 0.15) is 25.8 Å². The van der Waals surface area contributed by atoms with Crippen LogP contribution in [0.3, 0.4) is 0 Å². The molecule has 1 saturated heterocycles. The van der Waals surface area contributed by atoms with Crippen LogP contribution in [-0.2, 0) is 11.3 Å². The zero-order chi connectivity index (χ0) is 21.1. The number of aromatic nitrogens is 1. The summed E-state index contributed by atoms with van der Waals surface area (Å²) in [5, 5.41) is 8.97. The summed E-state index contributed by atoms with van der Waals surface area (Å²) in [5.41, 5.74) is 2.13. The van der Waals surface area contributed by atoms with Gasteiger partial charge in [-0.25, -0.2) is 4.98 Å². The van der Waals surface area contributed by atoms with Crippen molar-refractivity contribution in [3.05, 3.63) is 52.9 Å². The highest BCUT2D eigenvalue weighted by Crippen LogP contribution is 2.29. The van der Waals surface area contributed by atoms with Gasteiger partial charge >= 0.3 is 0 Å². The topological polar surface area (TPSA) is 50.9 Å². The average molecular weight is 425 g/mol. The molecule has 30 heavy (non-hydrogen) atoms. The molecule has 0 atom stereocenters. The fourth-order valence-electron chi connectivity index (χ4n) is 4.18. The number of nitrogens with one attached hydrogen (secondary N) is 3. The van der Waals surface area contributed by atoms with Gasteiger partial charge in [0.15, 0.2) is 6.54 Å². The second kappa shape index (κ2) is 8.84. The minimum atomic E-state index is -0.157. The first-order chi connectivity index (χ1) is 14.4. The molecule has 2 heterocycles. The number of fused-ring (bicyclic) bond motifs is 1. The predicted molar refractivity (Wildman–Crippen MR) is 123 cm³/mol. The van der Waals surface area contributed by atoms with E-state index in [1.807, 2.05) is 20.8 Å². The number of benzene rings is 2. The molecule has 1 aliphatic rings. The Morgan fingerprint density at radius 1 is 1.03 bits per heavy atom. The van der Waals surface area contributed by atoms with E-state index in [1.54, 1.807) is 16.2 Å². The van der Waals surface area contributed by atoms with Crippen LogP contribution >= 0.6 is 11.3 Å². The summed E-state index contributed by atoms with van der Waals surface area (Å²) in [5.74, 6) is 0.153. The van der Waals surface area contributed by atoms with E-state index >= 15 is 0 Å². The van der Waals surface area contributed by atoms with E-state index in [0.29, 0.717) is 6.54 Å². The predicted octanol–water partition coefficient (Wildman–Crippen LogP) is 1.16. The van der Waals surface area contributed by atoms with Gasteiger partial charge in [-0.1, -0.05) is 42.5 Å². The van der Waals surface area contributed by atoms with Gasteiger partial charge in [-0.3, -0.25) is 4.79 Å². The lowest BCUT2D eigenvalue weighted by Crippen LogP contribution is -3.28. The molecule has 6 heteroatoms. The van der Waals surface area contributed by atoms with Gasteiger partial charge in [0.2, 0.25) is 0 Å². The molecule has 4 rings (SSSR count). The molecule has 0 bridgehead atoms. The number of nitrogens with zero attached hydrogens (tertiary/aromatic N) is 1. The van der Waals surface area contributed by atoms with Gasteiger partial charge in [-0.05, 0) is 31.5 Å². The van der Waals surface area contributed by atoms with Crippen LogP contribution in [0.2, 0.25) is 0 Å². The minimum Gasteiger partial charge on any atom is -0.347 e. The fourth-order valence-corrected chi connectivity index (χ4v) is 5.04. The molecule has 0 saturated carbocycles. The third-order valence-electron chi connectivity index (χ3n) is 5.61. The summed E-state index contributed by atoms with van der Waals surface area (Å²) < 4.78 is 0. The first kappa shape index (κ1) is 21.0. The van der Waals surface area contributed by atoms with Crippen molar-refractivity contribution in [2.75, 3.05) is 32.7 Å². The van der Waals surface area contributed by atoms with Crippen LogP contribution in [0.25, 0.3) is 22.0 Å². The molecule has 5 nitrogen and oxygen atoms in total. The van der Waals surface area contributed by atoms with Crippen LogP contribution in [0.5, 0.6) is 0 Å². The normalized spacial score (nSPS) is 19.7. The number of hydrogen-bond donors (Lipinski definition) is 3. The highest BCUT2D eigenvalue weighted by Gasteiger charge is 2.26. The number of piperazine rings is 1. The van der Waals surface area contributed by atoms with E-state index in [1.165, 1.54) is 26.2 Å². The van der Waals surface area contributed by atoms with E-state index in [2.05, 4.69) is 53.2 Å². The molecule has 158 valence electrons. The van der Waals surface area contributed by atoms with Crippen LogP contribution < -0.4 is 15.1 Å². The Kier molecular flexibility index (Phi) is 6.18. The van der Waals surface area contributed by atoms with Crippen molar-refractivity contribution in [1.82, 2.24) is 10.3 Å². The third-order valence-corrected chi connectivity index (χ3v) is 6.46. The van der Waals surface area contributed by atoms with Crippen molar-refractivity contribution < 1.29 is 14.6 Å². The fraction of sp³-hybridized carbons (Fsp3) is 0.417. The number of amides is 1. The van der Waals surface area contributed by atoms with E-state index in [4.69, 9.17) is 4.98 Å². The van der Waals surface area contributed by atoms with Gasteiger partial charge in [0.05, 0.1) is 5.69 Å². The molecule has 3 aromatic rings. The van der Waals surface area contributed by atoms with Crippen molar-refractivity contribution in [3.8, 4) is 11.3 Å². The number of carbonyl (C=O) groups excluding carboxylic acids is 1.